The van der Waals surface area contributed by atoms with Crippen LogP contribution < -0.4 is 10.6 Å². The molecule has 26 heavy (non-hydrogen) atoms. The van der Waals surface area contributed by atoms with Crippen LogP contribution in [0.2, 0.25) is 5.02 Å². The summed E-state index contributed by atoms with van der Waals surface area (Å²) in [5, 5.41) is 15.6. The number of halogens is 1. The smallest absolute Gasteiger partial charge is 0.257 e. The van der Waals surface area contributed by atoms with Crippen LogP contribution in [0.5, 0.6) is 0 Å². The van der Waals surface area contributed by atoms with Crippen LogP contribution in [-0.4, -0.2) is 10.9 Å². The summed E-state index contributed by atoms with van der Waals surface area (Å²) in [7, 11) is 0. The van der Waals surface area contributed by atoms with Crippen LogP contribution in [0.25, 0.3) is 0 Å². The van der Waals surface area contributed by atoms with Crippen LogP contribution in [0.15, 0.2) is 60.9 Å². The fraction of sp³-hybridized carbons (Fsp3) is 0.0500. The number of aromatic nitrogens is 1. The molecule has 0 aliphatic heterocycles. The number of benzene rings is 2. The summed E-state index contributed by atoms with van der Waals surface area (Å²) in [5.74, 6) is -0.306. The van der Waals surface area contributed by atoms with Crippen molar-refractivity contribution in [3.63, 3.8) is 0 Å². The van der Waals surface area contributed by atoms with E-state index < -0.39 is 0 Å². The summed E-state index contributed by atoms with van der Waals surface area (Å²) < 4.78 is 0. The Balaban J connectivity index is 1.79. The summed E-state index contributed by atoms with van der Waals surface area (Å²) in [6.45, 7) is 1.91. The minimum atomic E-state index is -0.306. The average Bonchev–Trinajstić information content (AvgIpc) is 2.66. The predicted molar refractivity (Wildman–Crippen MR) is 103 cm³/mol. The van der Waals surface area contributed by atoms with Gasteiger partial charge in [-0.25, -0.2) is 0 Å². The van der Waals surface area contributed by atoms with E-state index in [1.807, 2.05) is 31.2 Å². The zero-order valence-electron chi connectivity index (χ0n) is 14.0. The second-order valence-electron chi connectivity index (χ2n) is 5.65. The standard InChI is InChI=1S/C20H15ClN4O/c1-13-18(21)6-3-7-19(13)24-17-9-15(11-23-12-17)20(26)25-16-5-2-4-14(8-16)10-22/h2-9,11-12,24H,1H3,(H,25,26). The Kier molecular flexibility index (Phi) is 5.16. The maximum atomic E-state index is 12.5. The molecule has 0 spiro atoms. The number of nitrogens with one attached hydrogen (secondary N) is 2. The van der Waals surface area contributed by atoms with E-state index in [9.17, 15) is 4.79 Å². The first-order chi connectivity index (χ1) is 12.6. The number of hydrogen-bond donors (Lipinski definition) is 2. The Morgan fingerprint density at radius 3 is 2.73 bits per heavy atom. The van der Waals surface area contributed by atoms with Crippen LogP contribution in [-0.2, 0) is 0 Å². The highest BCUT2D eigenvalue weighted by Gasteiger charge is 2.09. The van der Waals surface area contributed by atoms with Crippen molar-refractivity contribution in [1.82, 2.24) is 4.98 Å². The fourth-order valence-corrected chi connectivity index (χ4v) is 2.58. The average molecular weight is 363 g/mol. The zero-order chi connectivity index (χ0) is 18.5. The molecule has 0 bridgehead atoms. The van der Waals surface area contributed by atoms with Crippen LogP contribution in [0, 0.1) is 18.3 Å². The molecule has 1 amide bonds. The molecular weight excluding hydrogens is 348 g/mol. The quantitative estimate of drug-likeness (QED) is 0.691. The molecule has 1 heterocycles. The van der Waals surface area contributed by atoms with Crippen molar-refractivity contribution in [3.8, 4) is 6.07 Å². The molecular formula is C20H15ClN4O. The highest BCUT2D eigenvalue weighted by atomic mass is 35.5. The molecule has 5 nitrogen and oxygen atoms in total. The Bertz CT molecular complexity index is 1010. The van der Waals surface area contributed by atoms with Crippen LogP contribution in [0.3, 0.4) is 0 Å². The Labute approximate surface area is 156 Å². The number of anilines is 3. The van der Waals surface area contributed by atoms with Gasteiger partial charge in [-0.05, 0) is 48.9 Å². The maximum absolute atomic E-state index is 12.5. The molecule has 0 saturated heterocycles. The van der Waals surface area contributed by atoms with Gasteiger partial charge in [0, 0.05) is 22.6 Å². The second-order valence-corrected chi connectivity index (χ2v) is 6.05. The summed E-state index contributed by atoms with van der Waals surface area (Å²) in [5.41, 5.74) is 3.87. The van der Waals surface area contributed by atoms with Gasteiger partial charge in [0.15, 0.2) is 0 Å². The third-order valence-corrected chi connectivity index (χ3v) is 4.21. The first-order valence-electron chi connectivity index (χ1n) is 7.85. The molecule has 0 atom stereocenters. The Morgan fingerprint density at radius 2 is 1.92 bits per heavy atom. The van der Waals surface area contributed by atoms with E-state index >= 15 is 0 Å². The van der Waals surface area contributed by atoms with E-state index in [4.69, 9.17) is 16.9 Å². The number of carbonyl (C=O) groups excluding carboxylic acids is 1. The highest BCUT2D eigenvalue weighted by molar-refractivity contribution is 6.31. The van der Waals surface area contributed by atoms with Gasteiger partial charge in [0.05, 0.1) is 29.1 Å². The third-order valence-electron chi connectivity index (χ3n) is 3.80. The first-order valence-corrected chi connectivity index (χ1v) is 8.23. The first kappa shape index (κ1) is 17.5. The Hall–Kier alpha value is -3.36. The van der Waals surface area contributed by atoms with Gasteiger partial charge in [-0.2, -0.15) is 5.26 Å². The normalized spacial score (nSPS) is 10.0. The highest BCUT2D eigenvalue weighted by Crippen LogP contribution is 2.26. The molecule has 0 radical (unpaired) electrons. The van der Waals surface area contributed by atoms with Crippen molar-refractivity contribution >= 4 is 34.6 Å². The lowest BCUT2D eigenvalue weighted by Gasteiger charge is -2.11. The van der Waals surface area contributed by atoms with Crippen LogP contribution in [0.4, 0.5) is 17.1 Å². The van der Waals surface area contributed by atoms with E-state index in [0.29, 0.717) is 27.5 Å². The van der Waals surface area contributed by atoms with E-state index in [1.54, 1.807) is 36.5 Å². The van der Waals surface area contributed by atoms with Crippen molar-refractivity contribution < 1.29 is 4.79 Å². The molecule has 0 saturated carbocycles. The van der Waals surface area contributed by atoms with Crippen LogP contribution >= 0.6 is 11.6 Å². The van der Waals surface area contributed by atoms with Gasteiger partial charge in [-0.15, -0.1) is 0 Å². The molecule has 0 aliphatic carbocycles. The van der Waals surface area contributed by atoms with Crippen molar-refractivity contribution in [1.29, 1.82) is 5.26 Å². The largest absolute Gasteiger partial charge is 0.354 e. The number of hydrogen-bond acceptors (Lipinski definition) is 4. The minimum Gasteiger partial charge on any atom is -0.354 e. The molecule has 128 valence electrons. The molecule has 3 aromatic rings. The monoisotopic (exact) mass is 362 g/mol. The lowest BCUT2D eigenvalue weighted by Crippen LogP contribution is -2.12. The van der Waals surface area contributed by atoms with Gasteiger partial charge in [-0.1, -0.05) is 23.7 Å². The number of nitriles is 1. The van der Waals surface area contributed by atoms with E-state index in [1.165, 1.54) is 6.20 Å². The number of amides is 1. The summed E-state index contributed by atoms with van der Waals surface area (Å²) in [6, 6.07) is 16.1. The molecule has 1 aromatic heterocycles. The van der Waals surface area contributed by atoms with Crippen molar-refractivity contribution in [3.05, 3.63) is 82.6 Å². The maximum Gasteiger partial charge on any atom is 0.257 e. The van der Waals surface area contributed by atoms with Gasteiger partial charge >= 0.3 is 0 Å². The molecule has 2 aromatic carbocycles. The lowest BCUT2D eigenvalue weighted by atomic mass is 10.2. The SMILES string of the molecule is Cc1c(Cl)cccc1Nc1cncc(C(=O)Nc2cccc(C#N)c2)c1. The van der Waals surface area contributed by atoms with Gasteiger partial charge in [0.25, 0.3) is 5.91 Å². The summed E-state index contributed by atoms with van der Waals surface area (Å²) in [4.78, 5) is 16.6. The molecule has 2 N–H and O–H groups in total. The number of carbonyl (C=O) groups is 1. The molecule has 6 heteroatoms. The van der Waals surface area contributed by atoms with Gasteiger partial charge < -0.3 is 10.6 Å². The fourth-order valence-electron chi connectivity index (χ4n) is 2.40. The van der Waals surface area contributed by atoms with E-state index in [-0.39, 0.29) is 5.91 Å². The van der Waals surface area contributed by atoms with Crippen LogP contribution in [0.1, 0.15) is 21.5 Å². The van der Waals surface area contributed by atoms with Crippen molar-refractivity contribution in [2.45, 2.75) is 6.92 Å². The number of pyridine rings is 1. The second kappa shape index (κ2) is 7.68. The van der Waals surface area contributed by atoms with Gasteiger partial charge in [0.1, 0.15) is 0 Å². The van der Waals surface area contributed by atoms with Crippen molar-refractivity contribution in [2.75, 3.05) is 10.6 Å². The topological polar surface area (TPSA) is 77.8 Å². The third kappa shape index (κ3) is 4.00. The Morgan fingerprint density at radius 1 is 1.12 bits per heavy atom. The predicted octanol–water partition coefficient (Wildman–Crippen LogP) is 4.91. The van der Waals surface area contributed by atoms with E-state index in [0.717, 1.165) is 11.3 Å². The molecule has 3 rings (SSSR count). The number of rotatable bonds is 4. The minimum absolute atomic E-state index is 0.306. The van der Waals surface area contributed by atoms with Gasteiger partial charge in [0.2, 0.25) is 0 Å². The number of nitrogens with zero attached hydrogens (tertiary/aromatic N) is 2. The lowest BCUT2D eigenvalue weighted by molar-refractivity contribution is 0.102. The van der Waals surface area contributed by atoms with Crippen molar-refractivity contribution in [2.24, 2.45) is 0 Å². The summed E-state index contributed by atoms with van der Waals surface area (Å²) >= 11 is 6.13. The summed E-state index contributed by atoms with van der Waals surface area (Å²) in [6.07, 6.45) is 3.12. The molecule has 0 unspecified atom stereocenters. The van der Waals surface area contributed by atoms with Gasteiger partial charge in [-0.3, -0.25) is 9.78 Å². The van der Waals surface area contributed by atoms with E-state index in [2.05, 4.69) is 15.6 Å². The molecule has 0 fully saturated rings. The molecule has 0 aliphatic rings. The zero-order valence-corrected chi connectivity index (χ0v) is 14.7.